The molecule has 0 radical (unpaired) electrons. The highest BCUT2D eigenvalue weighted by molar-refractivity contribution is 5.68. The molecule has 0 saturated carbocycles. The highest BCUT2D eigenvalue weighted by Crippen LogP contribution is 2.33. The molecule has 0 fully saturated rings. The Labute approximate surface area is 139 Å². The third-order valence-corrected chi connectivity index (χ3v) is 4.20. The lowest BCUT2D eigenvalue weighted by molar-refractivity contribution is 0.293. The van der Waals surface area contributed by atoms with E-state index in [1.807, 2.05) is 18.5 Å². The molecular weight excluding hydrogens is 305 g/mol. The maximum Gasteiger partial charge on any atom is 0.214 e. The van der Waals surface area contributed by atoms with Gasteiger partial charge in [0, 0.05) is 29.7 Å². The Morgan fingerprint density at radius 3 is 2.62 bits per heavy atom. The van der Waals surface area contributed by atoms with E-state index in [0.717, 1.165) is 41.6 Å². The second kappa shape index (κ2) is 6.35. The van der Waals surface area contributed by atoms with E-state index >= 15 is 0 Å². The van der Waals surface area contributed by atoms with Crippen LogP contribution in [0.4, 0.5) is 4.39 Å². The summed E-state index contributed by atoms with van der Waals surface area (Å²) in [7, 11) is 0. The van der Waals surface area contributed by atoms with Gasteiger partial charge < -0.3 is 4.74 Å². The molecule has 1 aromatic carbocycles. The van der Waals surface area contributed by atoms with E-state index in [0.29, 0.717) is 12.5 Å². The average molecular weight is 321 g/mol. The molecule has 1 aliphatic carbocycles. The van der Waals surface area contributed by atoms with E-state index in [-0.39, 0.29) is 5.82 Å². The molecule has 0 amide bonds. The van der Waals surface area contributed by atoms with Gasteiger partial charge >= 0.3 is 0 Å². The van der Waals surface area contributed by atoms with Gasteiger partial charge in [0.05, 0.1) is 0 Å². The standard InChI is InChI=1S/C19H16FN3O/c20-15-6-4-13(5-7-15)11-24-19-8-17(14-9-21-12-22-10-14)16-2-1-3-18(16)23-19/h4-10,12H,1-3,11H2. The lowest BCUT2D eigenvalue weighted by Gasteiger charge is -2.12. The number of aryl methyl sites for hydroxylation is 1. The molecule has 120 valence electrons. The number of benzene rings is 1. The van der Waals surface area contributed by atoms with Crippen LogP contribution in [0.3, 0.4) is 0 Å². The summed E-state index contributed by atoms with van der Waals surface area (Å²) in [6, 6.07) is 8.25. The minimum atomic E-state index is -0.249. The second-order valence-corrected chi connectivity index (χ2v) is 5.83. The van der Waals surface area contributed by atoms with Crippen molar-refractivity contribution < 1.29 is 9.13 Å². The minimum absolute atomic E-state index is 0.249. The maximum absolute atomic E-state index is 13.0. The Morgan fingerprint density at radius 2 is 1.83 bits per heavy atom. The van der Waals surface area contributed by atoms with Crippen LogP contribution in [0.1, 0.15) is 23.2 Å². The molecule has 2 heterocycles. The second-order valence-electron chi connectivity index (χ2n) is 5.83. The van der Waals surface area contributed by atoms with Gasteiger partial charge in [0.25, 0.3) is 0 Å². The number of ether oxygens (including phenoxy) is 1. The first-order valence-corrected chi connectivity index (χ1v) is 7.95. The van der Waals surface area contributed by atoms with Crippen LogP contribution in [-0.2, 0) is 19.4 Å². The fraction of sp³-hybridized carbons (Fsp3) is 0.211. The summed E-state index contributed by atoms with van der Waals surface area (Å²) in [4.78, 5) is 12.9. The molecule has 2 aromatic heterocycles. The molecule has 0 saturated heterocycles. The molecular formula is C19H16FN3O. The number of halogens is 1. The molecule has 3 aromatic rings. The van der Waals surface area contributed by atoms with E-state index in [2.05, 4.69) is 15.0 Å². The summed E-state index contributed by atoms with van der Waals surface area (Å²) >= 11 is 0. The SMILES string of the molecule is Fc1ccc(COc2cc(-c3cncnc3)c3c(n2)CCC3)cc1. The first-order valence-electron chi connectivity index (χ1n) is 7.95. The average Bonchev–Trinajstić information content (AvgIpc) is 3.10. The van der Waals surface area contributed by atoms with Gasteiger partial charge in [0.2, 0.25) is 5.88 Å². The Hall–Kier alpha value is -2.82. The van der Waals surface area contributed by atoms with Gasteiger partial charge in [-0.25, -0.2) is 19.3 Å². The molecule has 0 unspecified atom stereocenters. The van der Waals surface area contributed by atoms with Gasteiger partial charge in [-0.05, 0) is 48.1 Å². The first-order chi connectivity index (χ1) is 11.8. The van der Waals surface area contributed by atoms with Crippen molar-refractivity contribution in [3.8, 4) is 17.0 Å². The zero-order valence-corrected chi connectivity index (χ0v) is 13.1. The fourth-order valence-electron chi connectivity index (χ4n) is 3.02. The third-order valence-electron chi connectivity index (χ3n) is 4.20. The zero-order chi connectivity index (χ0) is 16.4. The molecule has 0 spiro atoms. The molecule has 0 atom stereocenters. The Morgan fingerprint density at radius 1 is 1.04 bits per heavy atom. The topological polar surface area (TPSA) is 47.9 Å². The van der Waals surface area contributed by atoms with E-state index in [9.17, 15) is 4.39 Å². The van der Waals surface area contributed by atoms with Crippen molar-refractivity contribution in [3.63, 3.8) is 0 Å². The van der Waals surface area contributed by atoms with Gasteiger partial charge in [0.15, 0.2) is 0 Å². The van der Waals surface area contributed by atoms with Crippen LogP contribution in [0.15, 0.2) is 49.1 Å². The van der Waals surface area contributed by atoms with Gasteiger partial charge in [-0.15, -0.1) is 0 Å². The molecule has 4 nitrogen and oxygen atoms in total. The molecule has 24 heavy (non-hydrogen) atoms. The van der Waals surface area contributed by atoms with E-state index in [4.69, 9.17) is 4.74 Å². The van der Waals surface area contributed by atoms with Crippen LogP contribution in [0.5, 0.6) is 5.88 Å². The largest absolute Gasteiger partial charge is 0.473 e. The third kappa shape index (κ3) is 2.97. The highest BCUT2D eigenvalue weighted by Gasteiger charge is 2.19. The van der Waals surface area contributed by atoms with Crippen LogP contribution in [0, 0.1) is 5.82 Å². The van der Waals surface area contributed by atoms with Crippen LogP contribution >= 0.6 is 0 Å². The van der Waals surface area contributed by atoms with Crippen molar-refractivity contribution in [2.45, 2.75) is 25.9 Å². The molecule has 0 bridgehead atoms. The Balaban J connectivity index is 1.63. The van der Waals surface area contributed by atoms with Crippen molar-refractivity contribution in [1.29, 1.82) is 0 Å². The Kier molecular flexibility index (Phi) is 3.91. The van der Waals surface area contributed by atoms with E-state index in [1.165, 1.54) is 24.0 Å². The molecule has 4 rings (SSSR count). The number of hydrogen-bond donors (Lipinski definition) is 0. The van der Waals surface area contributed by atoms with Crippen molar-refractivity contribution >= 4 is 0 Å². The zero-order valence-electron chi connectivity index (χ0n) is 13.1. The van der Waals surface area contributed by atoms with Crippen molar-refractivity contribution in [2.75, 3.05) is 0 Å². The van der Waals surface area contributed by atoms with Gasteiger partial charge in [-0.1, -0.05) is 12.1 Å². The molecule has 0 N–H and O–H groups in total. The minimum Gasteiger partial charge on any atom is -0.473 e. The van der Waals surface area contributed by atoms with Crippen molar-refractivity contribution in [3.05, 3.63) is 71.7 Å². The van der Waals surface area contributed by atoms with Crippen LogP contribution in [-0.4, -0.2) is 15.0 Å². The van der Waals surface area contributed by atoms with Crippen molar-refractivity contribution in [1.82, 2.24) is 15.0 Å². The maximum atomic E-state index is 13.0. The summed E-state index contributed by atoms with van der Waals surface area (Å²) in [6.45, 7) is 0.358. The first kappa shape index (κ1) is 14.8. The lowest BCUT2D eigenvalue weighted by Crippen LogP contribution is -2.01. The summed E-state index contributed by atoms with van der Waals surface area (Å²) in [5.41, 5.74) is 5.32. The van der Waals surface area contributed by atoms with Gasteiger partial charge in [-0.2, -0.15) is 0 Å². The normalized spacial score (nSPS) is 12.9. The van der Waals surface area contributed by atoms with Crippen LogP contribution in [0.2, 0.25) is 0 Å². The number of pyridine rings is 1. The fourth-order valence-corrected chi connectivity index (χ4v) is 3.02. The molecule has 5 heteroatoms. The van der Waals surface area contributed by atoms with Crippen molar-refractivity contribution in [2.24, 2.45) is 0 Å². The quantitative estimate of drug-likeness (QED) is 0.734. The van der Waals surface area contributed by atoms with Gasteiger partial charge in [-0.3, -0.25) is 0 Å². The lowest BCUT2D eigenvalue weighted by atomic mass is 10.0. The number of aromatic nitrogens is 3. The highest BCUT2D eigenvalue weighted by atomic mass is 19.1. The summed E-state index contributed by atoms with van der Waals surface area (Å²) in [5, 5.41) is 0. The summed E-state index contributed by atoms with van der Waals surface area (Å²) < 4.78 is 18.8. The van der Waals surface area contributed by atoms with E-state index < -0.39 is 0 Å². The predicted molar refractivity (Wildman–Crippen MR) is 88.0 cm³/mol. The van der Waals surface area contributed by atoms with E-state index in [1.54, 1.807) is 12.1 Å². The monoisotopic (exact) mass is 321 g/mol. The smallest absolute Gasteiger partial charge is 0.214 e. The number of nitrogens with zero attached hydrogens (tertiary/aromatic N) is 3. The number of fused-ring (bicyclic) bond motifs is 1. The number of hydrogen-bond acceptors (Lipinski definition) is 4. The summed E-state index contributed by atoms with van der Waals surface area (Å²) in [6.07, 6.45) is 8.23. The number of rotatable bonds is 4. The molecule has 0 aliphatic heterocycles. The summed E-state index contributed by atoms with van der Waals surface area (Å²) in [5.74, 6) is 0.333. The van der Waals surface area contributed by atoms with Crippen LogP contribution in [0.25, 0.3) is 11.1 Å². The Bertz CT molecular complexity index is 850. The van der Waals surface area contributed by atoms with Gasteiger partial charge in [0.1, 0.15) is 18.8 Å². The predicted octanol–water partition coefficient (Wildman–Crippen LogP) is 3.75. The van der Waals surface area contributed by atoms with Crippen LogP contribution < -0.4 is 4.74 Å². The molecule has 1 aliphatic rings.